The third-order valence-electron chi connectivity index (χ3n) is 5.14. The molecule has 24 heavy (non-hydrogen) atoms. The highest BCUT2D eigenvalue weighted by Crippen LogP contribution is 2.37. The lowest BCUT2D eigenvalue weighted by Crippen LogP contribution is -2.40. The summed E-state index contributed by atoms with van der Waals surface area (Å²) in [6.45, 7) is 1.02. The van der Waals surface area contributed by atoms with E-state index in [1.54, 1.807) is 12.1 Å². The van der Waals surface area contributed by atoms with Gasteiger partial charge in [-0.2, -0.15) is 0 Å². The van der Waals surface area contributed by atoms with E-state index >= 15 is 0 Å². The van der Waals surface area contributed by atoms with Gasteiger partial charge in [0, 0.05) is 6.04 Å². The van der Waals surface area contributed by atoms with E-state index in [0.717, 1.165) is 50.6 Å². The number of hydrogen-bond donors (Lipinski definition) is 3. The molecule has 0 radical (unpaired) electrons. The lowest BCUT2D eigenvalue weighted by atomic mass is 9.77. The summed E-state index contributed by atoms with van der Waals surface area (Å²) < 4.78 is 0. The molecule has 1 saturated carbocycles. The summed E-state index contributed by atoms with van der Waals surface area (Å²) >= 11 is 0. The van der Waals surface area contributed by atoms with Crippen molar-refractivity contribution < 1.29 is 10.2 Å². The Hall–Kier alpha value is -1.84. The topological polar surface area (TPSA) is 52.5 Å². The first kappa shape index (κ1) is 17.0. The van der Waals surface area contributed by atoms with E-state index in [1.165, 1.54) is 5.56 Å². The Morgan fingerprint density at radius 3 is 2.29 bits per heavy atom. The Balaban J connectivity index is 1.41. The largest absolute Gasteiger partial charge is 0.508 e. The number of phenolic OH excluding ortho intramolecular Hbond substituents is 1. The molecule has 0 aliphatic heterocycles. The molecule has 0 spiro atoms. The Morgan fingerprint density at radius 1 is 0.958 bits per heavy atom. The number of aliphatic hydroxyl groups is 1. The second-order valence-electron chi connectivity index (χ2n) is 6.90. The second kappa shape index (κ2) is 7.82. The Bertz CT molecular complexity index is 616. The third-order valence-corrected chi connectivity index (χ3v) is 5.14. The van der Waals surface area contributed by atoms with Crippen LogP contribution in [-0.4, -0.2) is 22.8 Å². The van der Waals surface area contributed by atoms with Crippen LogP contribution in [0.4, 0.5) is 0 Å². The van der Waals surface area contributed by atoms with Gasteiger partial charge in [0.1, 0.15) is 5.75 Å². The van der Waals surface area contributed by atoms with Gasteiger partial charge >= 0.3 is 0 Å². The number of nitrogens with one attached hydrogen (secondary N) is 1. The molecule has 0 aromatic heterocycles. The molecule has 1 fully saturated rings. The number of benzene rings is 2. The third kappa shape index (κ3) is 4.37. The summed E-state index contributed by atoms with van der Waals surface area (Å²) in [5.41, 5.74) is 1.57. The molecule has 0 unspecified atom stereocenters. The average Bonchev–Trinajstić information content (AvgIpc) is 2.62. The molecule has 1 aliphatic rings. The molecule has 128 valence electrons. The molecular formula is C21H27NO2. The summed E-state index contributed by atoms with van der Waals surface area (Å²) in [4.78, 5) is 0. The molecule has 3 heteroatoms. The number of rotatable bonds is 6. The Kier molecular flexibility index (Phi) is 5.54. The lowest BCUT2D eigenvalue weighted by Gasteiger charge is -2.37. The lowest BCUT2D eigenvalue weighted by molar-refractivity contribution is -0.00831. The van der Waals surface area contributed by atoms with Crippen molar-refractivity contribution in [3.8, 4) is 5.75 Å². The fourth-order valence-corrected chi connectivity index (χ4v) is 3.60. The van der Waals surface area contributed by atoms with Crippen LogP contribution in [0, 0.1) is 0 Å². The highest BCUT2D eigenvalue weighted by molar-refractivity contribution is 5.30. The van der Waals surface area contributed by atoms with E-state index in [4.69, 9.17) is 0 Å². The molecular weight excluding hydrogens is 298 g/mol. The van der Waals surface area contributed by atoms with Crippen LogP contribution in [0.25, 0.3) is 0 Å². The fourth-order valence-electron chi connectivity index (χ4n) is 3.60. The van der Waals surface area contributed by atoms with Crippen LogP contribution in [0.15, 0.2) is 54.6 Å². The van der Waals surface area contributed by atoms with Gasteiger partial charge in [-0.05, 0) is 68.3 Å². The van der Waals surface area contributed by atoms with Gasteiger partial charge in [-0.1, -0.05) is 42.5 Å². The Labute approximate surface area is 144 Å². The maximum absolute atomic E-state index is 10.9. The minimum absolute atomic E-state index is 0.246. The molecule has 3 nitrogen and oxygen atoms in total. The van der Waals surface area contributed by atoms with E-state index in [9.17, 15) is 10.2 Å². The van der Waals surface area contributed by atoms with Crippen molar-refractivity contribution >= 4 is 0 Å². The number of phenols is 1. The van der Waals surface area contributed by atoms with Crippen LogP contribution < -0.4 is 5.32 Å². The number of aromatic hydroxyl groups is 1. The molecule has 1 aliphatic carbocycles. The van der Waals surface area contributed by atoms with Crippen LogP contribution in [0.1, 0.15) is 43.2 Å². The zero-order chi connectivity index (χ0) is 16.8. The van der Waals surface area contributed by atoms with Crippen molar-refractivity contribution in [2.24, 2.45) is 0 Å². The van der Waals surface area contributed by atoms with E-state index < -0.39 is 5.60 Å². The Morgan fingerprint density at radius 2 is 1.62 bits per heavy atom. The summed E-state index contributed by atoms with van der Waals surface area (Å²) in [5.74, 6) is 0.246. The highest BCUT2D eigenvalue weighted by atomic mass is 16.3. The van der Waals surface area contributed by atoms with Gasteiger partial charge in [0.15, 0.2) is 0 Å². The smallest absolute Gasteiger partial charge is 0.115 e. The van der Waals surface area contributed by atoms with E-state index in [-0.39, 0.29) is 5.75 Å². The van der Waals surface area contributed by atoms with E-state index in [2.05, 4.69) is 35.6 Å². The quantitative estimate of drug-likeness (QED) is 0.709. The predicted molar refractivity (Wildman–Crippen MR) is 97.0 cm³/mol. The molecule has 3 N–H and O–H groups in total. The van der Waals surface area contributed by atoms with Gasteiger partial charge in [0.05, 0.1) is 5.60 Å². The van der Waals surface area contributed by atoms with Crippen molar-refractivity contribution in [1.82, 2.24) is 5.32 Å². The van der Waals surface area contributed by atoms with Crippen LogP contribution in [0.5, 0.6) is 5.75 Å². The molecule has 2 aromatic carbocycles. The van der Waals surface area contributed by atoms with Gasteiger partial charge in [-0.3, -0.25) is 0 Å². The molecule has 0 heterocycles. The summed E-state index contributed by atoms with van der Waals surface area (Å²) in [5, 5.41) is 23.9. The monoisotopic (exact) mass is 325 g/mol. The molecule has 3 rings (SSSR count). The normalized spacial score (nSPS) is 24.0. The average molecular weight is 325 g/mol. The minimum Gasteiger partial charge on any atom is -0.508 e. The van der Waals surface area contributed by atoms with Crippen molar-refractivity contribution in [3.63, 3.8) is 0 Å². The van der Waals surface area contributed by atoms with Crippen LogP contribution in [0.2, 0.25) is 0 Å². The zero-order valence-electron chi connectivity index (χ0n) is 14.1. The molecule has 0 saturated heterocycles. The fraction of sp³-hybridized carbons (Fsp3) is 0.429. The maximum atomic E-state index is 10.9. The van der Waals surface area contributed by atoms with Gasteiger partial charge in [-0.25, -0.2) is 0 Å². The van der Waals surface area contributed by atoms with Gasteiger partial charge in [0.2, 0.25) is 0 Å². The molecule has 2 aromatic rings. The molecule has 0 amide bonds. The van der Waals surface area contributed by atoms with Crippen molar-refractivity contribution in [3.05, 3.63) is 65.7 Å². The number of hydrogen-bond acceptors (Lipinski definition) is 3. The van der Waals surface area contributed by atoms with Gasteiger partial charge in [0.25, 0.3) is 0 Å². The van der Waals surface area contributed by atoms with Gasteiger partial charge in [-0.15, -0.1) is 0 Å². The van der Waals surface area contributed by atoms with Crippen LogP contribution in [-0.2, 0) is 12.0 Å². The van der Waals surface area contributed by atoms with Crippen molar-refractivity contribution in [1.29, 1.82) is 0 Å². The minimum atomic E-state index is -0.740. The predicted octanol–water partition coefficient (Wildman–Crippen LogP) is 3.74. The first-order valence-electron chi connectivity index (χ1n) is 8.95. The summed E-state index contributed by atoms with van der Waals surface area (Å²) in [7, 11) is 0. The van der Waals surface area contributed by atoms with E-state index in [1.807, 2.05) is 12.1 Å². The van der Waals surface area contributed by atoms with Crippen molar-refractivity contribution in [2.75, 3.05) is 6.54 Å². The highest BCUT2D eigenvalue weighted by Gasteiger charge is 2.34. The van der Waals surface area contributed by atoms with E-state index in [0.29, 0.717) is 6.04 Å². The van der Waals surface area contributed by atoms with Crippen molar-refractivity contribution in [2.45, 2.75) is 50.2 Å². The maximum Gasteiger partial charge on any atom is 0.115 e. The number of aryl methyl sites for hydroxylation is 1. The van der Waals surface area contributed by atoms with Gasteiger partial charge < -0.3 is 15.5 Å². The zero-order valence-corrected chi connectivity index (χ0v) is 14.1. The van der Waals surface area contributed by atoms with Crippen LogP contribution in [0.3, 0.4) is 0 Å². The standard InChI is InChI=1S/C21H27NO2/c23-20-10-8-18(9-11-20)21(24)14-12-19(13-15-21)22-16-4-7-17-5-2-1-3-6-17/h1-3,5-6,8-11,19,22-24H,4,7,12-16H2/t19-,21+. The molecule has 0 bridgehead atoms. The molecule has 0 atom stereocenters. The first-order chi connectivity index (χ1) is 11.7. The SMILES string of the molecule is Oc1ccc([C@]2(O)CC[C@@H](NCCCc3ccccc3)CC2)cc1. The summed E-state index contributed by atoms with van der Waals surface area (Å²) in [6.07, 6.45) is 5.77. The summed E-state index contributed by atoms with van der Waals surface area (Å²) in [6, 6.07) is 18.1. The second-order valence-corrected chi connectivity index (χ2v) is 6.90. The first-order valence-corrected chi connectivity index (χ1v) is 8.95. The van der Waals surface area contributed by atoms with Crippen LogP contribution >= 0.6 is 0 Å².